The normalized spacial score (nSPS) is 10.6. The smallest absolute Gasteiger partial charge is 0.142 e. The van der Waals surface area contributed by atoms with E-state index in [9.17, 15) is 0 Å². The van der Waals surface area contributed by atoms with Crippen LogP contribution in [0.2, 0.25) is 5.02 Å². The molecule has 1 N–H and O–H groups in total. The van der Waals surface area contributed by atoms with Crippen LogP contribution in [0.4, 0.5) is 5.69 Å². The van der Waals surface area contributed by atoms with Gasteiger partial charge in [0.1, 0.15) is 5.01 Å². The van der Waals surface area contributed by atoms with Gasteiger partial charge in [0.05, 0.1) is 28.6 Å². The topological polar surface area (TPSA) is 37.8 Å². The van der Waals surface area contributed by atoms with Crippen LogP contribution in [-0.4, -0.2) is 9.97 Å². The molecule has 2 heterocycles. The molecule has 3 aromatic rings. The molecule has 0 spiro atoms. The standard InChI is InChI=1S/C15H11BrClN3S/c16-10-4-5-12(17)14(7-10)19-8-11-9-21-15(20-11)13-3-1-2-6-18-13/h1-7,9,19H,8H2. The molecule has 2 aromatic heterocycles. The Labute approximate surface area is 140 Å². The number of rotatable bonds is 4. The van der Waals surface area contributed by atoms with Crippen molar-refractivity contribution in [2.24, 2.45) is 0 Å². The summed E-state index contributed by atoms with van der Waals surface area (Å²) in [7, 11) is 0. The maximum absolute atomic E-state index is 6.15. The second-order valence-electron chi connectivity index (χ2n) is 4.34. The average Bonchev–Trinajstić information content (AvgIpc) is 2.98. The maximum atomic E-state index is 6.15. The summed E-state index contributed by atoms with van der Waals surface area (Å²) in [6, 6.07) is 11.5. The molecule has 0 fully saturated rings. The lowest BCUT2D eigenvalue weighted by Gasteiger charge is -2.07. The van der Waals surface area contributed by atoms with Crippen molar-refractivity contribution in [3.8, 4) is 10.7 Å². The first-order valence-corrected chi connectivity index (χ1v) is 8.32. The van der Waals surface area contributed by atoms with Crippen LogP contribution < -0.4 is 5.32 Å². The van der Waals surface area contributed by atoms with E-state index in [4.69, 9.17) is 11.6 Å². The Bertz CT molecular complexity index is 746. The Balaban J connectivity index is 1.72. The van der Waals surface area contributed by atoms with Crippen molar-refractivity contribution in [2.75, 3.05) is 5.32 Å². The number of benzene rings is 1. The molecular formula is C15H11BrClN3S. The highest BCUT2D eigenvalue weighted by atomic mass is 79.9. The van der Waals surface area contributed by atoms with Gasteiger partial charge in [-0.3, -0.25) is 4.98 Å². The lowest BCUT2D eigenvalue weighted by molar-refractivity contribution is 1.07. The van der Waals surface area contributed by atoms with Crippen LogP contribution in [0.5, 0.6) is 0 Å². The van der Waals surface area contributed by atoms with Crippen LogP contribution in [0.15, 0.2) is 52.4 Å². The quantitative estimate of drug-likeness (QED) is 0.673. The van der Waals surface area contributed by atoms with Crippen LogP contribution in [0, 0.1) is 0 Å². The van der Waals surface area contributed by atoms with Gasteiger partial charge in [-0.05, 0) is 30.3 Å². The predicted octanol–water partition coefficient (Wildman–Crippen LogP) is 5.23. The van der Waals surface area contributed by atoms with Gasteiger partial charge in [0.25, 0.3) is 0 Å². The van der Waals surface area contributed by atoms with Crippen LogP contribution >= 0.6 is 38.9 Å². The SMILES string of the molecule is Clc1ccc(Br)cc1NCc1csc(-c2ccccn2)n1. The summed E-state index contributed by atoms with van der Waals surface area (Å²) >= 11 is 11.2. The Hall–Kier alpha value is -1.43. The number of nitrogens with zero attached hydrogens (tertiary/aromatic N) is 2. The third-order valence-corrected chi connectivity index (χ3v) is 4.56. The first kappa shape index (κ1) is 14.5. The summed E-state index contributed by atoms with van der Waals surface area (Å²) in [6.45, 7) is 0.625. The number of aromatic nitrogens is 2. The van der Waals surface area contributed by atoms with Crippen molar-refractivity contribution >= 4 is 44.6 Å². The fraction of sp³-hybridized carbons (Fsp3) is 0.0667. The lowest BCUT2D eigenvalue weighted by atomic mass is 10.3. The molecule has 3 nitrogen and oxygen atoms in total. The first-order valence-electron chi connectivity index (χ1n) is 6.27. The highest BCUT2D eigenvalue weighted by molar-refractivity contribution is 9.10. The molecule has 3 rings (SSSR count). The van der Waals surface area contributed by atoms with Crippen LogP contribution in [0.3, 0.4) is 0 Å². The molecule has 0 bridgehead atoms. The van der Waals surface area contributed by atoms with Crippen LogP contribution in [-0.2, 0) is 6.54 Å². The molecular weight excluding hydrogens is 370 g/mol. The van der Waals surface area contributed by atoms with Crippen LogP contribution in [0.25, 0.3) is 10.7 Å². The average molecular weight is 381 g/mol. The van der Waals surface area contributed by atoms with Gasteiger partial charge in [0.2, 0.25) is 0 Å². The van der Waals surface area contributed by atoms with Gasteiger partial charge in [-0.25, -0.2) is 4.98 Å². The zero-order chi connectivity index (χ0) is 14.7. The van der Waals surface area contributed by atoms with Crippen molar-refractivity contribution in [3.05, 3.63) is 63.2 Å². The van der Waals surface area contributed by atoms with E-state index in [0.29, 0.717) is 11.6 Å². The number of hydrogen-bond acceptors (Lipinski definition) is 4. The molecule has 21 heavy (non-hydrogen) atoms. The Kier molecular flexibility index (Phi) is 4.53. The van der Waals surface area contributed by atoms with Crippen molar-refractivity contribution in [1.82, 2.24) is 9.97 Å². The molecule has 0 atom stereocenters. The van der Waals surface area contributed by atoms with Crippen molar-refractivity contribution in [3.63, 3.8) is 0 Å². The maximum Gasteiger partial charge on any atom is 0.142 e. The van der Waals surface area contributed by atoms with Gasteiger partial charge in [-0.1, -0.05) is 33.6 Å². The number of pyridine rings is 1. The summed E-state index contributed by atoms with van der Waals surface area (Å²) in [5.74, 6) is 0. The van der Waals surface area contributed by atoms with E-state index in [-0.39, 0.29) is 0 Å². The second-order valence-corrected chi connectivity index (χ2v) is 6.52. The molecule has 0 saturated heterocycles. The van der Waals surface area contributed by atoms with Crippen molar-refractivity contribution < 1.29 is 0 Å². The highest BCUT2D eigenvalue weighted by Crippen LogP contribution is 2.27. The van der Waals surface area contributed by atoms with Gasteiger partial charge >= 0.3 is 0 Å². The minimum Gasteiger partial charge on any atom is -0.378 e. The molecule has 0 aliphatic carbocycles. The molecule has 0 radical (unpaired) electrons. The van der Waals surface area contributed by atoms with Gasteiger partial charge < -0.3 is 5.32 Å². The summed E-state index contributed by atoms with van der Waals surface area (Å²) in [6.07, 6.45) is 1.77. The number of thiazole rings is 1. The number of anilines is 1. The van der Waals surface area contributed by atoms with Gasteiger partial charge in [0, 0.05) is 16.0 Å². The number of halogens is 2. The molecule has 0 aliphatic heterocycles. The molecule has 0 saturated carbocycles. The summed E-state index contributed by atoms with van der Waals surface area (Å²) in [4.78, 5) is 8.89. The Morgan fingerprint density at radius 1 is 1.24 bits per heavy atom. The minimum absolute atomic E-state index is 0.625. The van der Waals surface area contributed by atoms with E-state index in [1.165, 1.54) is 0 Å². The third kappa shape index (κ3) is 3.61. The summed E-state index contributed by atoms with van der Waals surface area (Å²) in [5, 5.41) is 6.94. The zero-order valence-electron chi connectivity index (χ0n) is 10.9. The largest absolute Gasteiger partial charge is 0.378 e. The van der Waals surface area contributed by atoms with E-state index in [0.717, 1.165) is 26.6 Å². The summed E-state index contributed by atoms with van der Waals surface area (Å²) < 4.78 is 0.988. The third-order valence-electron chi connectivity index (χ3n) is 2.82. The second kappa shape index (κ2) is 6.56. The monoisotopic (exact) mass is 379 g/mol. The fourth-order valence-electron chi connectivity index (χ4n) is 1.81. The molecule has 0 aliphatic rings. The summed E-state index contributed by atoms with van der Waals surface area (Å²) in [5.41, 5.74) is 2.75. The molecule has 0 unspecified atom stereocenters. The fourth-order valence-corrected chi connectivity index (χ4v) is 3.15. The molecule has 1 aromatic carbocycles. The van der Waals surface area contributed by atoms with E-state index in [1.54, 1.807) is 17.5 Å². The van der Waals surface area contributed by atoms with Gasteiger partial charge in [-0.15, -0.1) is 11.3 Å². The van der Waals surface area contributed by atoms with Crippen LogP contribution in [0.1, 0.15) is 5.69 Å². The number of nitrogens with one attached hydrogen (secondary N) is 1. The van der Waals surface area contributed by atoms with Gasteiger partial charge in [-0.2, -0.15) is 0 Å². The predicted molar refractivity (Wildman–Crippen MR) is 91.8 cm³/mol. The Morgan fingerprint density at radius 2 is 2.14 bits per heavy atom. The molecule has 6 heteroatoms. The lowest BCUT2D eigenvalue weighted by Crippen LogP contribution is -2.00. The van der Waals surface area contributed by atoms with E-state index in [1.807, 2.05) is 41.8 Å². The Morgan fingerprint density at radius 3 is 2.95 bits per heavy atom. The molecule has 0 amide bonds. The zero-order valence-corrected chi connectivity index (χ0v) is 14.0. The van der Waals surface area contributed by atoms with E-state index >= 15 is 0 Å². The number of hydrogen-bond donors (Lipinski definition) is 1. The van der Waals surface area contributed by atoms with Crippen molar-refractivity contribution in [2.45, 2.75) is 6.54 Å². The van der Waals surface area contributed by atoms with Crippen molar-refractivity contribution in [1.29, 1.82) is 0 Å². The van der Waals surface area contributed by atoms with E-state index in [2.05, 4.69) is 31.2 Å². The highest BCUT2D eigenvalue weighted by Gasteiger charge is 2.06. The van der Waals surface area contributed by atoms with Gasteiger partial charge in [0.15, 0.2) is 0 Å². The minimum atomic E-state index is 0.625. The molecule has 106 valence electrons. The van der Waals surface area contributed by atoms with E-state index < -0.39 is 0 Å². The first-order chi connectivity index (χ1) is 10.2.